The lowest BCUT2D eigenvalue weighted by Crippen LogP contribution is -2.41. The second-order valence-corrected chi connectivity index (χ2v) is 5.26. The molecule has 2 atom stereocenters. The van der Waals surface area contributed by atoms with Crippen LogP contribution < -0.4 is 0 Å². The average molecular weight is 255 g/mol. The topological polar surface area (TPSA) is 46.6 Å². The SMILES string of the molecule is CCOC(=O)CC(=O)CN(C)C1CCCCC1C. The van der Waals surface area contributed by atoms with E-state index in [1.165, 1.54) is 19.3 Å². The number of nitrogens with zero attached hydrogens (tertiary/aromatic N) is 1. The zero-order chi connectivity index (χ0) is 13.5. The van der Waals surface area contributed by atoms with Gasteiger partial charge in [-0.2, -0.15) is 0 Å². The Labute approximate surface area is 110 Å². The lowest BCUT2D eigenvalue weighted by Gasteiger charge is -2.35. The quantitative estimate of drug-likeness (QED) is 0.538. The van der Waals surface area contributed by atoms with Crippen LogP contribution >= 0.6 is 0 Å². The number of ether oxygens (including phenoxy) is 1. The van der Waals surface area contributed by atoms with Crippen LogP contribution in [0, 0.1) is 5.92 Å². The Morgan fingerprint density at radius 2 is 1.94 bits per heavy atom. The van der Waals surface area contributed by atoms with Crippen LogP contribution in [0.15, 0.2) is 0 Å². The maximum absolute atomic E-state index is 11.7. The van der Waals surface area contributed by atoms with Crippen LogP contribution in [0.4, 0.5) is 0 Å². The minimum atomic E-state index is -0.410. The smallest absolute Gasteiger partial charge is 0.313 e. The molecule has 0 aliphatic heterocycles. The number of esters is 1. The number of carbonyl (C=O) groups excluding carboxylic acids is 2. The first kappa shape index (κ1) is 15.2. The molecule has 1 saturated carbocycles. The van der Waals surface area contributed by atoms with Crippen molar-refractivity contribution < 1.29 is 14.3 Å². The van der Waals surface area contributed by atoms with E-state index >= 15 is 0 Å². The van der Waals surface area contributed by atoms with Crippen LogP contribution in [-0.2, 0) is 14.3 Å². The van der Waals surface area contributed by atoms with Gasteiger partial charge in [-0.15, -0.1) is 0 Å². The number of hydrogen-bond donors (Lipinski definition) is 0. The molecule has 0 saturated heterocycles. The molecule has 0 N–H and O–H groups in total. The summed E-state index contributed by atoms with van der Waals surface area (Å²) in [5.41, 5.74) is 0. The van der Waals surface area contributed by atoms with Gasteiger partial charge in [-0.1, -0.05) is 19.8 Å². The van der Waals surface area contributed by atoms with Crippen LogP contribution in [0.3, 0.4) is 0 Å². The molecule has 1 aliphatic rings. The Bertz CT molecular complexity index is 291. The molecule has 1 aliphatic carbocycles. The summed E-state index contributed by atoms with van der Waals surface area (Å²) in [6.07, 6.45) is 4.83. The first-order valence-electron chi connectivity index (χ1n) is 6.92. The van der Waals surface area contributed by atoms with E-state index in [2.05, 4.69) is 11.8 Å². The highest BCUT2D eigenvalue weighted by molar-refractivity contribution is 5.96. The summed E-state index contributed by atoms with van der Waals surface area (Å²) in [7, 11) is 1.98. The van der Waals surface area contributed by atoms with Crippen molar-refractivity contribution in [3.63, 3.8) is 0 Å². The van der Waals surface area contributed by atoms with Gasteiger partial charge in [0.05, 0.1) is 13.2 Å². The van der Waals surface area contributed by atoms with Crippen molar-refractivity contribution >= 4 is 11.8 Å². The third kappa shape index (κ3) is 4.77. The Kier molecular flexibility index (Phi) is 6.33. The van der Waals surface area contributed by atoms with Crippen molar-refractivity contribution in [3.05, 3.63) is 0 Å². The number of Topliss-reactive ketones (excluding diaryl/α,β-unsaturated/α-hetero) is 1. The number of rotatable bonds is 6. The summed E-state index contributed by atoms with van der Waals surface area (Å²) in [6, 6.07) is 0.477. The Morgan fingerprint density at radius 3 is 2.56 bits per heavy atom. The molecule has 1 rings (SSSR count). The van der Waals surface area contributed by atoms with E-state index in [0.29, 0.717) is 25.1 Å². The molecule has 0 bridgehead atoms. The molecule has 0 amide bonds. The summed E-state index contributed by atoms with van der Waals surface area (Å²) < 4.78 is 4.78. The molecule has 4 nitrogen and oxygen atoms in total. The van der Waals surface area contributed by atoms with Crippen molar-refractivity contribution in [2.75, 3.05) is 20.2 Å². The summed E-state index contributed by atoms with van der Waals surface area (Å²) >= 11 is 0. The average Bonchev–Trinajstić information content (AvgIpc) is 2.29. The predicted molar refractivity (Wildman–Crippen MR) is 70.3 cm³/mol. The van der Waals surface area contributed by atoms with Gasteiger partial charge in [-0.3, -0.25) is 14.5 Å². The van der Waals surface area contributed by atoms with Crippen LogP contribution in [0.1, 0.15) is 46.0 Å². The molecule has 1 fully saturated rings. The molecule has 104 valence electrons. The van der Waals surface area contributed by atoms with Crippen molar-refractivity contribution in [3.8, 4) is 0 Å². The summed E-state index contributed by atoms with van der Waals surface area (Å²) in [5, 5.41) is 0. The van der Waals surface area contributed by atoms with Gasteiger partial charge in [0.1, 0.15) is 6.42 Å². The van der Waals surface area contributed by atoms with Gasteiger partial charge < -0.3 is 4.74 Å². The van der Waals surface area contributed by atoms with Gasteiger partial charge in [0, 0.05) is 6.04 Å². The van der Waals surface area contributed by atoms with Crippen molar-refractivity contribution in [2.45, 2.75) is 52.0 Å². The minimum Gasteiger partial charge on any atom is -0.466 e. The third-order valence-corrected chi connectivity index (χ3v) is 3.70. The standard InChI is InChI=1S/C14H25NO3/c1-4-18-14(17)9-12(16)10-15(3)13-8-6-5-7-11(13)2/h11,13H,4-10H2,1-3H3. The van der Waals surface area contributed by atoms with Gasteiger partial charge in [0.2, 0.25) is 0 Å². The number of likely N-dealkylation sites (N-methyl/N-ethyl adjacent to an activating group) is 1. The van der Waals surface area contributed by atoms with Gasteiger partial charge in [0.25, 0.3) is 0 Å². The van der Waals surface area contributed by atoms with E-state index in [0.717, 1.165) is 6.42 Å². The van der Waals surface area contributed by atoms with Crippen LogP contribution in [0.25, 0.3) is 0 Å². The normalized spacial score (nSPS) is 24.0. The van der Waals surface area contributed by atoms with Crippen LogP contribution in [-0.4, -0.2) is 42.9 Å². The second kappa shape index (κ2) is 7.52. The number of hydrogen-bond acceptors (Lipinski definition) is 4. The summed E-state index contributed by atoms with van der Waals surface area (Å²) in [6.45, 7) is 4.68. The van der Waals surface area contributed by atoms with E-state index in [1.54, 1.807) is 6.92 Å². The molecule has 0 spiro atoms. The lowest BCUT2D eigenvalue weighted by molar-refractivity contribution is -0.145. The fourth-order valence-electron chi connectivity index (χ4n) is 2.78. The molecule has 2 unspecified atom stereocenters. The molecule has 0 aromatic rings. The van der Waals surface area contributed by atoms with Gasteiger partial charge in [-0.25, -0.2) is 0 Å². The van der Waals surface area contributed by atoms with E-state index in [-0.39, 0.29) is 12.2 Å². The van der Waals surface area contributed by atoms with Gasteiger partial charge in [-0.05, 0) is 32.7 Å². The van der Waals surface area contributed by atoms with Gasteiger partial charge >= 0.3 is 5.97 Å². The molecule has 18 heavy (non-hydrogen) atoms. The van der Waals surface area contributed by atoms with Crippen molar-refractivity contribution in [1.29, 1.82) is 0 Å². The highest BCUT2D eigenvalue weighted by Gasteiger charge is 2.26. The fourth-order valence-corrected chi connectivity index (χ4v) is 2.78. The Hall–Kier alpha value is -0.900. The van der Waals surface area contributed by atoms with Crippen LogP contribution in [0.2, 0.25) is 0 Å². The maximum atomic E-state index is 11.7. The van der Waals surface area contributed by atoms with E-state index in [4.69, 9.17) is 4.74 Å². The fraction of sp³-hybridized carbons (Fsp3) is 0.857. The van der Waals surface area contributed by atoms with Gasteiger partial charge in [0.15, 0.2) is 5.78 Å². The Morgan fingerprint density at radius 1 is 1.28 bits per heavy atom. The molecule has 0 aromatic carbocycles. The van der Waals surface area contributed by atoms with E-state index < -0.39 is 5.97 Å². The van der Waals surface area contributed by atoms with Crippen molar-refractivity contribution in [2.24, 2.45) is 5.92 Å². The highest BCUT2D eigenvalue weighted by atomic mass is 16.5. The van der Waals surface area contributed by atoms with Crippen LogP contribution in [0.5, 0.6) is 0 Å². The molecule has 0 heterocycles. The van der Waals surface area contributed by atoms with E-state index in [1.807, 2.05) is 7.05 Å². The monoisotopic (exact) mass is 255 g/mol. The molecule has 4 heteroatoms. The van der Waals surface area contributed by atoms with E-state index in [9.17, 15) is 9.59 Å². The molecular weight excluding hydrogens is 230 g/mol. The third-order valence-electron chi connectivity index (χ3n) is 3.70. The molecular formula is C14H25NO3. The molecule has 0 radical (unpaired) electrons. The predicted octanol–water partition coefficient (Wildman–Crippen LogP) is 2.02. The zero-order valence-electron chi connectivity index (χ0n) is 11.8. The Balaban J connectivity index is 2.36. The number of carbonyl (C=O) groups is 2. The summed E-state index contributed by atoms with van der Waals surface area (Å²) in [4.78, 5) is 25.1. The second-order valence-electron chi connectivity index (χ2n) is 5.26. The maximum Gasteiger partial charge on any atom is 0.313 e. The number of ketones is 1. The first-order chi connectivity index (χ1) is 8.54. The first-order valence-corrected chi connectivity index (χ1v) is 6.92. The molecule has 0 aromatic heterocycles. The largest absolute Gasteiger partial charge is 0.466 e. The highest BCUT2D eigenvalue weighted by Crippen LogP contribution is 2.27. The lowest BCUT2D eigenvalue weighted by atomic mass is 9.85. The van der Waals surface area contributed by atoms with Crippen molar-refractivity contribution in [1.82, 2.24) is 4.90 Å². The minimum absolute atomic E-state index is 0.0475. The zero-order valence-corrected chi connectivity index (χ0v) is 11.8. The summed E-state index contributed by atoms with van der Waals surface area (Å²) in [5.74, 6) is 0.181.